The molecular weight excluding hydrogens is 378 g/mol. The van der Waals surface area contributed by atoms with Crippen molar-refractivity contribution >= 4 is 5.97 Å². The zero-order valence-electron chi connectivity index (χ0n) is 18.7. The Balaban J connectivity index is 1.69. The lowest BCUT2D eigenvalue weighted by Crippen LogP contribution is -2.35. The third kappa shape index (κ3) is 7.71. The molecule has 0 aliphatic rings. The number of rotatable bonds is 13. The van der Waals surface area contributed by atoms with Crippen LogP contribution in [0.25, 0.3) is 0 Å². The number of unbranched alkanes of at least 4 members (excludes halogenated alkanes) is 1. The third-order valence-electron chi connectivity index (χ3n) is 5.19. The number of ether oxygens (including phenoxy) is 3. The van der Waals surface area contributed by atoms with Gasteiger partial charge in [-0.15, -0.1) is 0 Å². The minimum atomic E-state index is -0.283. The van der Waals surface area contributed by atoms with Crippen molar-refractivity contribution in [2.45, 2.75) is 46.1 Å². The normalized spacial score (nSPS) is 11.9. The smallest absolute Gasteiger partial charge is 0.338 e. The van der Waals surface area contributed by atoms with Gasteiger partial charge in [0, 0.05) is 6.04 Å². The van der Waals surface area contributed by atoms with Crippen molar-refractivity contribution in [2.75, 3.05) is 33.4 Å². The fourth-order valence-corrected chi connectivity index (χ4v) is 3.44. The Morgan fingerprint density at radius 1 is 0.967 bits per heavy atom. The Labute approximate surface area is 180 Å². The molecule has 30 heavy (non-hydrogen) atoms. The molecule has 0 saturated carbocycles. The first-order chi connectivity index (χ1) is 14.6. The minimum Gasteiger partial charge on any atom is -0.497 e. The number of benzene rings is 2. The summed E-state index contributed by atoms with van der Waals surface area (Å²) in [6.07, 6.45) is 2.86. The van der Waals surface area contributed by atoms with Gasteiger partial charge in [0.15, 0.2) is 0 Å². The van der Waals surface area contributed by atoms with Crippen molar-refractivity contribution in [2.24, 2.45) is 0 Å². The second-order valence-electron chi connectivity index (χ2n) is 7.33. The zero-order chi connectivity index (χ0) is 21.8. The number of likely N-dealkylation sites (N-methyl/N-ethyl adjacent to an activating group) is 1. The van der Waals surface area contributed by atoms with Crippen molar-refractivity contribution in [3.05, 3.63) is 59.7 Å². The van der Waals surface area contributed by atoms with Gasteiger partial charge in [0.2, 0.25) is 0 Å². The SMILES string of the molecule is CCOc1ccc(CC(C)N(CC)CCCCOC(=O)c2ccc(OC)cc2)cc1. The largest absolute Gasteiger partial charge is 0.497 e. The lowest BCUT2D eigenvalue weighted by Gasteiger charge is -2.28. The Morgan fingerprint density at radius 3 is 2.23 bits per heavy atom. The standard InChI is InChI=1S/C25H35NO4/c1-5-26(20(3)19-21-9-13-24(14-10-21)29-6-2)17-7-8-18-30-25(27)22-11-15-23(28-4)16-12-22/h9-16,20H,5-8,17-19H2,1-4H3. The molecule has 0 spiro atoms. The molecule has 5 nitrogen and oxygen atoms in total. The van der Waals surface area contributed by atoms with Gasteiger partial charge < -0.3 is 19.1 Å². The molecular formula is C25H35NO4. The number of nitrogens with zero attached hydrogens (tertiary/aromatic N) is 1. The monoisotopic (exact) mass is 413 g/mol. The Kier molecular flexibility index (Phi) is 10.2. The van der Waals surface area contributed by atoms with Gasteiger partial charge in [-0.1, -0.05) is 19.1 Å². The lowest BCUT2D eigenvalue weighted by atomic mass is 10.1. The molecule has 0 aliphatic heterocycles. The molecule has 1 unspecified atom stereocenters. The van der Waals surface area contributed by atoms with Crippen LogP contribution in [0.1, 0.15) is 49.5 Å². The first-order valence-corrected chi connectivity index (χ1v) is 10.8. The van der Waals surface area contributed by atoms with E-state index in [1.54, 1.807) is 31.4 Å². The number of esters is 1. The van der Waals surface area contributed by atoms with Crippen LogP contribution in [0.15, 0.2) is 48.5 Å². The van der Waals surface area contributed by atoms with Crippen LogP contribution in [0.2, 0.25) is 0 Å². The van der Waals surface area contributed by atoms with E-state index in [2.05, 4.69) is 30.9 Å². The van der Waals surface area contributed by atoms with Gasteiger partial charge >= 0.3 is 5.97 Å². The molecule has 0 N–H and O–H groups in total. The summed E-state index contributed by atoms with van der Waals surface area (Å²) in [5, 5.41) is 0. The highest BCUT2D eigenvalue weighted by atomic mass is 16.5. The molecule has 164 valence electrons. The molecule has 0 aromatic heterocycles. The highest BCUT2D eigenvalue weighted by Gasteiger charge is 2.13. The average Bonchev–Trinajstić information content (AvgIpc) is 2.77. The van der Waals surface area contributed by atoms with E-state index in [4.69, 9.17) is 14.2 Å². The van der Waals surface area contributed by atoms with Crippen LogP contribution in [0.3, 0.4) is 0 Å². The Morgan fingerprint density at radius 2 is 1.63 bits per heavy atom. The van der Waals surface area contributed by atoms with Crippen molar-refractivity contribution in [3.63, 3.8) is 0 Å². The summed E-state index contributed by atoms with van der Waals surface area (Å²) in [6.45, 7) is 9.58. The summed E-state index contributed by atoms with van der Waals surface area (Å²) < 4.78 is 16.0. The van der Waals surface area contributed by atoms with Gasteiger partial charge in [0.05, 0.1) is 25.9 Å². The first kappa shape index (κ1) is 23.7. The van der Waals surface area contributed by atoms with Crippen LogP contribution in [-0.4, -0.2) is 50.3 Å². The molecule has 2 aromatic rings. The summed E-state index contributed by atoms with van der Waals surface area (Å²) in [5.41, 5.74) is 1.87. The third-order valence-corrected chi connectivity index (χ3v) is 5.19. The molecule has 0 fully saturated rings. The van der Waals surface area contributed by atoms with Crippen molar-refractivity contribution in [1.29, 1.82) is 0 Å². The molecule has 5 heteroatoms. The molecule has 1 atom stereocenters. The number of hydrogen-bond donors (Lipinski definition) is 0. The van der Waals surface area contributed by atoms with Crippen LogP contribution in [0.4, 0.5) is 0 Å². The number of hydrogen-bond acceptors (Lipinski definition) is 5. The van der Waals surface area contributed by atoms with E-state index < -0.39 is 0 Å². The van der Waals surface area contributed by atoms with Crippen LogP contribution >= 0.6 is 0 Å². The maximum Gasteiger partial charge on any atom is 0.338 e. The molecule has 0 radical (unpaired) electrons. The maximum atomic E-state index is 12.1. The molecule has 2 rings (SSSR count). The fraction of sp³-hybridized carbons (Fsp3) is 0.480. The molecule has 0 heterocycles. The molecule has 2 aromatic carbocycles. The average molecular weight is 414 g/mol. The van der Waals surface area contributed by atoms with E-state index >= 15 is 0 Å². The van der Waals surface area contributed by atoms with E-state index in [1.165, 1.54) is 5.56 Å². The van der Waals surface area contributed by atoms with Crippen molar-refractivity contribution in [1.82, 2.24) is 4.90 Å². The van der Waals surface area contributed by atoms with Gasteiger partial charge in [-0.2, -0.15) is 0 Å². The summed E-state index contributed by atoms with van der Waals surface area (Å²) in [4.78, 5) is 14.6. The van der Waals surface area contributed by atoms with Gasteiger partial charge in [0.25, 0.3) is 0 Å². The second-order valence-corrected chi connectivity index (χ2v) is 7.33. The van der Waals surface area contributed by atoms with Gasteiger partial charge in [0.1, 0.15) is 11.5 Å². The predicted molar refractivity (Wildman–Crippen MR) is 121 cm³/mol. The summed E-state index contributed by atoms with van der Waals surface area (Å²) in [5.74, 6) is 1.37. The first-order valence-electron chi connectivity index (χ1n) is 10.8. The Bertz CT molecular complexity index is 743. The van der Waals surface area contributed by atoms with E-state index in [0.29, 0.717) is 24.8 Å². The Hall–Kier alpha value is -2.53. The zero-order valence-corrected chi connectivity index (χ0v) is 18.7. The van der Waals surface area contributed by atoms with Crippen LogP contribution in [0, 0.1) is 0 Å². The summed E-state index contributed by atoms with van der Waals surface area (Å²) in [7, 11) is 1.60. The highest BCUT2D eigenvalue weighted by molar-refractivity contribution is 5.89. The lowest BCUT2D eigenvalue weighted by molar-refractivity contribution is 0.0493. The molecule has 0 saturated heterocycles. The van der Waals surface area contributed by atoms with E-state index in [-0.39, 0.29) is 5.97 Å². The van der Waals surface area contributed by atoms with E-state index in [9.17, 15) is 4.79 Å². The van der Waals surface area contributed by atoms with Crippen LogP contribution in [0.5, 0.6) is 11.5 Å². The van der Waals surface area contributed by atoms with E-state index in [0.717, 1.165) is 43.9 Å². The molecule has 0 amide bonds. The highest BCUT2D eigenvalue weighted by Crippen LogP contribution is 2.16. The quantitative estimate of drug-likeness (QED) is 0.342. The molecule has 0 bridgehead atoms. The molecule has 0 aliphatic carbocycles. The predicted octanol–water partition coefficient (Wildman–Crippen LogP) is 4.98. The topological polar surface area (TPSA) is 48.0 Å². The second kappa shape index (κ2) is 12.9. The van der Waals surface area contributed by atoms with Gasteiger partial charge in [-0.25, -0.2) is 4.79 Å². The summed E-state index contributed by atoms with van der Waals surface area (Å²) >= 11 is 0. The van der Waals surface area contributed by atoms with Crippen LogP contribution < -0.4 is 9.47 Å². The van der Waals surface area contributed by atoms with Crippen LogP contribution in [-0.2, 0) is 11.2 Å². The van der Waals surface area contributed by atoms with E-state index in [1.807, 2.05) is 19.1 Å². The fourth-order valence-electron chi connectivity index (χ4n) is 3.44. The van der Waals surface area contributed by atoms with Gasteiger partial charge in [-0.3, -0.25) is 0 Å². The van der Waals surface area contributed by atoms with Crippen molar-refractivity contribution < 1.29 is 19.0 Å². The van der Waals surface area contributed by atoms with Crippen molar-refractivity contribution in [3.8, 4) is 11.5 Å². The number of carbonyl (C=O) groups excluding carboxylic acids is 1. The number of methoxy groups -OCH3 is 1. The number of carbonyl (C=O) groups is 1. The minimum absolute atomic E-state index is 0.283. The maximum absolute atomic E-state index is 12.1. The van der Waals surface area contributed by atoms with Gasteiger partial charge in [-0.05, 0) is 88.2 Å². The summed E-state index contributed by atoms with van der Waals surface area (Å²) in [6, 6.07) is 15.8.